The van der Waals surface area contributed by atoms with E-state index in [0.29, 0.717) is 0 Å². The molecule has 0 aromatic carbocycles. The number of fused-ring (bicyclic) bond motifs is 1. The average Bonchev–Trinajstić information content (AvgIpc) is 3.24. The Balaban J connectivity index is 1.65. The van der Waals surface area contributed by atoms with Gasteiger partial charge in [0.05, 0.1) is 23.8 Å². The van der Waals surface area contributed by atoms with Gasteiger partial charge in [-0.15, -0.1) is 0 Å². The van der Waals surface area contributed by atoms with E-state index in [2.05, 4.69) is 69.0 Å². The van der Waals surface area contributed by atoms with Crippen LogP contribution in [0.3, 0.4) is 0 Å². The summed E-state index contributed by atoms with van der Waals surface area (Å²) in [5.41, 5.74) is 5.87. The number of hydrogen-bond acceptors (Lipinski definition) is 4. The molecule has 0 aliphatic carbocycles. The van der Waals surface area contributed by atoms with Crippen LogP contribution in [0.4, 0.5) is 0 Å². The van der Waals surface area contributed by atoms with Crippen LogP contribution in [0, 0.1) is 0 Å². The Hall–Kier alpha value is -2.47. The van der Waals surface area contributed by atoms with Gasteiger partial charge in [-0.25, -0.2) is 4.98 Å². The lowest BCUT2D eigenvalue weighted by molar-refractivity contribution is 0.198. The first kappa shape index (κ1) is 16.0. The van der Waals surface area contributed by atoms with Crippen LogP contribution in [-0.4, -0.2) is 36.6 Å². The van der Waals surface area contributed by atoms with Crippen LogP contribution in [0.1, 0.15) is 55.2 Å². The highest BCUT2D eigenvalue weighted by Crippen LogP contribution is 2.34. The maximum absolute atomic E-state index is 4.61. The number of hydrogen-bond donors (Lipinski definition) is 2. The Morgan fingerprint density at radius 2 is 2.04 bits per heavy atom. The minimum Gasteiger partial charge on any atom is -0.348 e. The Bertz CT molecular complexity index is 842. The molecule has 2 N–H and O–H groups in total. The van der Waals surface area contributed by atoms with Crippen LogP contribution >= 0.6 is 0 Å². The standard InChI is InChI=1S/C19H24N6/c1-19(2,3)16-10-14(23-24-16)11-25-9-6-15-17(22-12-21-15)18(25)13-4-7-20-8-5-13/h4-5,7-8,10,12,18H,6,9,11H2,1-3H3,(H,21,22)(H,23,24)/t18-/m1/s1. The van der Waals surface area contributed by atoms with E-state index < -0.39 is 0 Å². The van der Waals surface area contributed by atoms with Crippen LogP contribution in [0.25, 0.3) is 0 Å². The van der Waals surface area contributed by atoms with Gasteiger partial charge in [0.25, 0.3) is 0 Å². The molecule has 0 spiro atoms. The number of nitrogens with zero attached hydrogens (tertiary/aromatic N) is 4. The van der Waals surface area contributed by atoms with Gasteiger partial charge in [0.15, 0.2) is 0 Å². The van der Waals surface area contributed by atoms with E-state index in [4.69, 9.17) is 0 Å². The fourth-order valence-electron chi connectivity index (χ4n) is 3.46. The molecule has 0 fully saturated rings. The number of nitrogens with one attached hydrogen (secondary N) is 2. The zero-order valence-corrected chi connectivity index (χ0v) is 15.0. The topological polar surface area (TPSA) is 73.5 Å². The minimum absolute atomic E-state index is 0.0521. The molecule has 1 atom stereocenters. The molecule has 4 rings (SSSR count). The van der Waals surface area contributed by atoms with E-state index in [-0.39, 0.29) is 11.5 Å². The summed E-state index contributed by atoms with van der Waals surface area (Å²) in [6.45, 7) is 8.35. The maximum atomic E-state index is 4.61. The third-order valence-electron chi connectivity index (χ3n) is 4.82. The predicted molar refractivity (Wildman–Crippen MR) is 96.1 cm³/mol. The number of aromatic nitrogens is 5. The number of rotatable bonds is 3. The van der Waals surface area contributed by atoms with Gasteiger partial charge in [-0.2, -0.15) is 5.10 Å². The molecule has 0 radical (unpaired) electrons. The zero-order chi connectivity index (χ0) is 17.4. The van der Waals surface area contributed by atoms with Crippen molar-refractivity contribution in [2.75, 3.05) is 6.54 Å². The summed E-state index contributed by atoms with van der Waals surface area (Å²) in [5, 5.41) is 7.72. The number of H-pyrrole nitrogens is 2. The molecule has 25 heavy (non-hydrogen) atoms. The molecular formula is C19H24N6. The molecule has 6 nitrogen and oxygen atoms in total. The molecule has 0 bridgehead atoms. The number of imidazole rings is 1. The smallest absolute Gasteiger partial charge is 0.0926 e. The van der Waals surface area contributed by atoms with Gasteiger partial charge in [-0.1, -0.05) is 20.8 Å². The predicted octanol–water partition coefficient (Wildman–Crippen LogP) is 2.97. The SMILES string of the molecule is CC(C)(C)c1cc(CN2CCc3[nH]cnc3[C@H]2c2ccncc2)[nH]n1. The van der Waals surface area contributed by atoms with Crippen molar-refractivity contribution in [3.63, 3.8) is 0 Å². The molecular weight excluding hydrogens is 312 g/mol. The molecule has 0 unspecified atom stereocenters. The van der Waals surface area contributed by atoms with E-state index in [1.54, 1.807) is 6.33 Å². The molecule has 3 aromatic rings. The van der Waals surface area contributed by atoms with Gasteiger partial charge in [0.2, 0.25) is 0 Å². The van der Waals surface area contributed by atoms with Crippen molar-refractivity contribution in [3.05, 3.63) is 65.3 Å². The second kappa shape index (κ2) is 6.11. The molecule has 3 aromatic heterocycles. The average molecular weight is 336 g/mol. The third kappa shape index (κ3) is 3.09. The monoisotopic (exact) mass is 336 g/mol. The summed E-state index contributed by atoms with van der Waals surface area (Å²) in [7, 11) is 0. The van der Waals surface area contributed by atoms with Crippen molar-refractivity contribution < 1.29 is 0 Å². The van der Waals surface area contributed by atoms with Crippen molar-refractivity contribution in [1.29, 1.82) is 0 Å². The second-order valence-corrected chi connectivity index (χ2v) is 7.70. The Morgan fingerprint density at radius 3 is 2.76 bits per heavy atom. The normalized spacial score (nSPS) is 18.3. The Kier molecular flexibility index (Phi) is 3.92. The second-order valence-electron chi connectivity index (χ2n) is 7.70. The largest absolute Gasteiger partial charge is 0.348 e. The fraction of sp³-hybridized carbons (Fsp3) is 0.421. The van der Waals surface area contributed by atoms with Crippen LogP contribution in [0.15, 0.2) is 36.9 Å². The van der Waals surface area contributed by atoms with Crippen LogP contribution in [0.5, 0.6) is 0 Å². The summed E-state index contributed by atoms with van der Waals surface area (Å²) in [6.07, 6.45) is 6.48. The van der Waals surface area contributed by atoms with E-state index >= 15 is 0 Å². The van der Waals surface area contributed by atoms with Crippen molar-refractivity contribution >= 4 is 0 Å². The van der Waals surface area contributed by atoms with E-state index in [1.165, 1.54) is 11.3 Å². The molecule has 4 heterocycles. The van der Waals surface area contributed by atoms with Gasteiger partial charge >= 0.3 is 0 Å². The summed E-state index contributed by atoms with van der Waals surface area (Å²) in [6, 6.07) is 6.48. The van der Waals surface area contributed by atoms with Crippen molar-refractivity contribution in [2.24, 2.45) is 0 Å². The molecule has 1 aliphatic heterocycles. The quantitative estimate of drug-likeness (QED) is 0.771. The lowest BCUT2D eigenvalue weighted by Gasteiger charge is -2.34. The Morgan fingerprint density at radius 1 is 1.24 bits per heavy atom. The molecule has 0 saturated heterocycles. The molecule has 0 amide bonds. The molecule has 1 aliphatic rings. The molecule has 130 valence electrons. The highest BCUT2D eigenvalue weighted by Gasteiger charge is 2.31. The highest BCUT2D eigenvalue weighted by molar-refractivity contribution is 5.31. The summed E-state index contributed by atoms with van der Waals surface area (Å²) in [5.74, 6) is 0. The van der Waals surface area contributed by atoms with Gasteiger partial charge in [-0.05, 0) is 23.8 Å². The fourth-order valence-corrected chi connectivity index (χ4v) is 3.46. The first-order valence-electron chi connectivity index (χ1n) is 8.73. The molecule has 6 heteroatoms. The lowest BCUT2D eigenvalue weighted by Crippen LogP contribution is -2.36. The van der Waals surface area contributed by atoms with Crippen molar-refractivity contribution in [3.8, 4) is 0 Å². The van der Waals surface area contributed by atoms with Gasteiger partial charge in [0, 0.05) is 48.7 Å². The summed E-state index contributed by atoms with van der Waals surface area (Å²) < 4.78 is 0. The van der Waals surface area contributed by atoms with Gasteiger partial charge in [-0.3, -0.25) is 15.0 Å². The maximum Gasteiger partial charge on any atom is 0.0926 e. The zero-order valence-electron chi connectivity index (χ0n) is 15.0. The van der Waals surface area contributed by atoms with Crippen LogP contribution in [0.2, 0.25) is 0 Å². The number of aromatic amines is 2. The van der Waals surface area contributed by atoms with Gasteiger partial charge in [0.1, 0.15) is 0 Å². The van der Waals surface area contributed by atoms with Crippen LogP contribution < -0.4 is 0 Å². The Labute approximate surface area is 147 Å². The highest BCUT2D eigenvalue weighted by atomic mass is 15.2. The van der Waals surface area contributed by atoms with E-state index in [9.17, 15) is 0 Å². The lowest BCUT2D eigenvalue weighted by atomic mass is 9.92. The summed E-state index contributed by atoms with van der Waals surface area (Å²) in [4.78, 5) is 14.5. The number of pyridine rings is 1. The minimum atomic E-state index is 0.0521. The first-order valence-corrected chi connectivity index (χ1v) is 8.73. The molecule has 0 saturated carbocycles. The summed E-state index contributed by atoms with van der Waals surface area (Å²) >= 11 is 0. The van der Waals surface area contributed by atoms with E-state index in [1.807, 2.05) is 12.4 Å². The van der Waals surface area contributed by atoms with Gasteiger partial charge < -0.3 is 4.98 Å². The van der Waals surface area contributed by atoms with Crippen molar-refractivity contribution in [2.45, 2.75) is 45.2 Å². The van der Waals surface area contributed by atoms with E-state index in [0.717, 1.165) is 36.6 Å². The first-order chi connectivity index (χ1) is 12.0. The third-order valence-corrected chi connectivity index (χ3v) is 4.82. The van der Waals surface area contributed by atoms with Crippen molar-refractivity contribution in [1.82, 2.24) is 30.0 Å². The van der Waals surface area contributed by atoms with Crippen LogP contribution in [-0.2, 0) is 18.4 Å².